The second-order valence-corrected chi connectivity index (χ2v) is 8.65. The Kier molecular flexibility index (Phi) is 18.4. The van der Waals surface area contributed by atoms with Crippen molar-refractivity contribution in [2.75, 3.05) is 6.54 Å². The lowest BCUT2D eigenvalue weighted by Crippen LogP contribution is -2.41. The Morgan fingerprint density at radius 2 is 1.27 bits per heavy atom. The van der Waals surface area contributed by atoms with Crippen LogP contribution in [0, 0.1) is 0 Å². The highest BCUT2D eigenvalue weighted by atomic mass is 16.3. The van der Waals surface area contributed by atoms with Crippen LogP contribution in [-0.2, 0) is 4.79 Å². The number of nitrogens with one attached hydrogen (secondary N) is 2. The van der Waals surface area contributed by atoms with Crippen LogP contribution in [0.4, 0.5) is 0 Å². The van der Waals surface area contributed by atoms with Gasteiger partial charge in [0.25, 0.3) is 5.91 Å². The summed E-state index contributed by atoms with van der Waals surface area (Å²) in [7, 11) is 0. The van der Waals surface area contributed by atoms with Gasteiger partial charge >= 0.3 is 0 Å². The van der Waals surface area contributed by atoms with E-state index >= 15 is 0 Å². The van der Waals surface area contributed by atoms with Crippen LogP contribution in [0.2, 0.25) is 0 Å². The summed E-state index contributed by atoms with van der Waals surface area (Å²) in [6.45, 7) is 4.29. The Morgan fingerprint density at radius 3 is 1.78 bits per heavy atom. The molecule has 2 amide bonds. The smallest absolute Gasteiger partial charge is 0.255 e. The van der Waals surface area contributed by atoms with Gasteiger partial charge in [0.15, 0.2) is 0 Å². The quantitative estimate of drug-likeness (QED) is 0.187. The molecular weight excluding hydrogens is 460 g/mol. The highest BCUT2D eigenvalue weighted by molar-refractivity contribution is 5.96. The van der Waals surface area contributed by atoms with Crippen LogP contribution < -0.4 is 10.6 Å². The van der Waals surface area contributed by atoms with E-state index in [1.165, 1.54) is 6.07 Å². The maximum absolute atomic E-state index is 12.2. The van der Waals surface area contributed by atoms with Gasteiger partial charge in [0.1, 0.15) is 5.75 Å². The molecule has 3 N–H and O–H groups in total. The van der Waals surface area contributed by atoms with Crippen LogP contribution in [0.25, 0.3) is 0 Å². The summed E-state index contributed by atoms with van der Waals surface area (Å²) < 4.78 is 0. The third kappa shape index (κ3) is 17.5. The molecule has 0 fully saturated rings. The molecule has 5 heteroatoms. The van der Waals surface area contributed by atoms with Crippen LogP contribution >= 0.6 is 0 Å². The zero-order chi connectivity index (χ0) is 27.0. The molecule has 0 aromatic heterocycles. The van der Waals surface area contributed by atoms with E-state index in [1.54, 1.807) is 18.2 Å². The summed E-state index contributed by atoms with van der Waals surface area (Å²) >= 11 is 0. The lowest BCUT2D eigenvalue weighted by atomic mass is 10.1. The second kappa shape index (κ2) is 21.7. The fourth-order valence-corrected chi connectivity index (χ4v) is 3.23. The first-order chi connectivity index (χ1) is 18.0. The first kappa shape index (κ1) is 31.4. The third-order valence-electron chi connectivity index (χ3n) is 5.27. The molecule has 1 aromatic rings. The molecule has 37 heavy (non-hydrogen) atoms. The van der Waals surface area contributed by atoms with Crippen LogP contribution in [0.3, 0.4) is 0 Å². The zero-order valence-electron chi connectivity index (χ0n) is 22.4. The molecule has 0 heterocycles. The monoisotopic (exact) mass is 504 g/mol. The van der Waals surface area contributed by atoms with Crippen LogP contribution in [-0.4, -0.2) is 29.5 Å². The number of amides is 2. The fraction of sp³-hybridized carbons (Fsp3) is 0.375. The molecule has 5 nitrogen and oxygen atoms in total. The highest BCUT2D eigenvalue weighted by Gasteiger charge is 2.13. The van der Waals surface area contributed by atoms with E-state index < -0.39 is 0 Å². The number of carbonyl (C=O) groups excluding carboxylic acids is 2. The minimum Gasteiger partial charge on any atom is -0.507 e. The molecule has 0 spiro atoms. The average Bonchev–Trinajstić information content (AvgIpc) is 2.89. The SMILES string of the molecule is CC/C=C\C/C=C\C/C=C\C/C=C\C/C=C\C/C=C\CCC(=O)NCC(C)NC(=O)c1ccccc1O. The van der Waals surface area contributed by atoms with E-state index in [9.17, 15) is 14.7 Å². The van der Waals surface area contributed by atoms with Crippen LogP contribution in [0.1, 0.15) is 75.6 Å². The van der Waals surface area contributed by atoms with E-state index in [2.05, 4.69) is 84.4 Å². The predicted octanol–water partition coefficient (Wildman–Crippen LogP) is 7.10. The van der Waals surface area contributed by atoms with Crippen molar-refractivity contribution in [2.45, 2.75) is 71.3 Å². The Morgan fingerprint density at radius 1 is 0.784 bits per heavy atom. The molecule has 0 aliphatic carbocycles. The molecule has 1 aromatic carbocycles. The van der Waals surface area contributed by atoms with E-state index in [0.29, 0.717) is 19.4 Å². The maximum atomic E-state index is 12.2. The van der Waals surface area contributed by atoms with E-state index in [0.717, 1.165) is 38.5 Å². The second-order valence-electron chi connectivity index (χ2n) is 8.65. The first-order valence-electron chi connectivity index (χ1n) is 13.3. The summed E-state index contributed by atoms with van der Waals surface area (Å²) in [5, 5.41) is 15.4. The number of allylic oxidation sites excluding steroid dienone is 12. The molecule has 0 aliphatic rings. The standard InChI is InChI=1S/C32H44N2O3/c1-3-4-5-6-7-8-9-10-11-12-13-14-15-16-17-18-19-20-21-26-31(36)33-27-28(2)34-32(37)29-24-22-23-25-30(29)35/h4-5,7-8,10-11,13-14,16-17,19-20,22-25,28,35H,3,6,9,12,15,18,21,26-27H2,1-2H3,(H,33,36)(H,34,37)/b5-4-,8-7-,11-10-,14-13-,17-16-,20-19-. The number of benzene rings is 1. The van der Waals surface area contributed by atoms with Gasteiger partial charge in [-0.2, -0.15) is 0 Å². The summed E-state index contributed by atoms with van der Waals surface area (Å²) in [5.74, 6) is -0.478. The Balaban J connectivity index is 2.05. The lowest BCUT2D eigenvalue weighted by molar-refractivity contribution is -0.121. The fourth-order valence-electron chi connectivity index (χ4n) is 3.23. The van der Waals surface area contributed by atoms with Crippen molar-refractivity contribution in [1.29, 1.82) is 0 Å². The van der Waals surface area contributed by atoms with Gasteiger partial charge in [0.2, 0.25) is 5.91 Å². The van der Waals surface area contributed by atoms with Crippen molar-refractivity contribution < 1.29 is 14.7 Å². The number of carbonyl (C=O) groups is 2. The van der Waals surface area contributed by atoms with Gasteiger partial charge in [-0.25, -0.2) is 0 Å². The zero-order valence-corrected chi connectivity index (χ0v) is 22.4. The van der Waals surface area contributed by atoms with Crippen molar-refractivity contribution in [2.24, 2.45) is 0 Å². The molecule has 1 atom stereocenters. The molecule has 0 radical (unpaired) electrons. The number of rotatable bonds is 18. The van der Waals surface area contributed by atoms with E-state index in [1.807, 2.05) is 13.0 Å². The molecule has 0 bridgehead atoms. The Labute approximate surface area is 223 Å². The van der Waals surface area contributed by atoms with Gasteiger partial charge in [0, 0.05) is 19.0 Å². The van der Waals surface area contributed by atoms with Crippen molar-refractivity contribution in [3.63, 3.8) is 0 Å². The van der Waals surface area contributed by atoms with Gasteiger partial charge in [0.05, 0.1) is 5.56 Å². The minimum atomic E-state index is -0.363. The first-order valence-corrected chi connectivity index (χ1v) is 13.3. The molecule has 0 saturated carbocycles. The van der Waals surface area contributed by atoms with Gasteiger partial charge in [-0.3, -0.25) is 9.59 Å². The van der Waals surface area contributed by atoms with Gasteiger partial charge < -0.3 is 15.7 Å². The van der Waals surface area contributed by atoms with E-state index in [4.69, 9.17) is 0 Å². The number of phenolic OH excluding ortho intramolecular Hbond substituents is 1. The van der Waals surface area contributed by atoms with Gasteiger partial charge in [-0.05, 0) is 64.0 Å². The lowest BCUT2D eigenvalue weighted by Gasteiger charge is -2.15. The number of hydrogen-bond acceptors (Lipinski definition) is 3. The number of hydrogen-bond donors (Lipinski definition) is 3. The number of aromatic hydroxyl groups is 1. The Hall–Kier alpha value is -3.60. The molecule has 0 aliphatic heterocycles. The van der Waals surface area contributed by atoms with Crippen molar-refractivity contribution in [3.8, 4) is 5.75 Å². The molecule has 0 saturated heterocycles. The topological polar surface area (TPSA) is 78.4 Å². The van der Waals surface area contributed by atoms with Crippen LogP contribution in [0.5, 0.6) is 5.75 Å². The molecule has 1 unspecified atom stereocenters. The minimum absolute atomic E-state index is 0.0526. The summed E-state index contributed by atoms with van der Waals surface area (Å²) in [5.41, 5.74) is 0.221. The van der Waals surface area contributed by atoms with Gasteiger partial charge in [-0.15, -0.1) is 0 Å². The summed E-state index contributed by atoms with van der Waals surface area (Å²) in [4.78, 5) is 24.2. The molecular formula is C32H44N2O3. The van der Waals surface area contributed by atoms with Crippen molar-refractivity contribution in [3.05, 3.63) is 103 Å². The summed E-state index contributed by atoms with van der Waals surface area (Å²) in [6.07, 6.45) is 32.8. The van der Waals surface area contributed by atoms with E-state index in [-0.39, 0.29) is 29.2 Å². The normalized spacial score (nSPS) is 13.1. The predicted molar refractivity (Wildman–Crippen MR) is 155 cm³/mol. The highest BCUT2D eigenvalue weighted by Crippen LogP contribution is 2.15. The van der Waals surface area contributed by atoms with Crippen LogP contribution in [0.15, 0.2) is 97.2 Å². The van der Waals surface area contributed by atoms with Crippen molar-refractivity contribution >= 4 is 11.8 Å². The maximum Gasteiger partial charge on any atom is 0.255 e. The molecule has 200 valence electrons. The third-order valence-corrected chi connectivity index (χ3v) is 5.27. The summed E-state index contributed by atoms with van der Waals surface area (Å²) in [6, 6.07) is 6.13. The average molecular weight is 505 g/mol. The van der Waals surface area contributed by atoms with Gasteiger partial charge in [-0.1, -0.05) is 92.0 Å². The largest absolute Gasteiger partial charge is 0.507 e. The van der Waals surface area contributed by atoms with Crippen molar-refractivity contribution in [1.82, 2.24) is 10.6 Å². The molecule has 1 rings (SSSR count). The number of phenols is 1. The Bertz CT molecular complexity index is 955. The number of para-hydroxylation sites is 1.